The van der Waals surface area contributed by atoms with Crippen molar-refractivity contribution in [2.75, 3.05) is 13.3 Å². The second kappa shape index (κ2) is 5.67. The number of rotatable bonds is 6. The van der Waals surface area contributed by atoms with Crippen molar-refractivity contribution in [3.63, 3.8) is 0 Å². The first-order chi connectivity index (χ1) is 7.56. The van der Waals surface area contributed by atoms with Gasteiger partial charge in [-0.3, -0.25) is 4.79 Å². The van der Waals surface area contributed by atoms with E-state index in [1.54, 1.807) is 0 Å². The highest BCUT2D eigenvalue weighted by Gasteiger charge is 2.44. The summed E-state index contributed by atoms with van der Waals surface area (Å²) in [7, 11) is 0. The van der Waals surface area contributed by atoms with Gasteiger partial charge in [0.1, 0.15) is 42.2 Å². The normalized spacial score (nSPS) is 13.8. The Labute approximate surface area is 104 Å². The number of ketones is 1. The predicted octanol–water partition coefficient (Wildman–Crippen LogP) is 1.73. The third kappa shape index (κ3) is 2.57. The molecule has 0 bridgehead atoms. The molecule has 0 saturated heterocycles. The lowest BCUT2D eigenvalue weighted by Gasteiger charge is -2.27. The SMILES string of the molecule is O=C(Cn1cncn1)C(CF)(CF)C(Cl)Br. The van der Waals surface area contributed by atoms with Gasteiger partial charge in [-0.1, -0.05) is 15.9 Å². The maximum absolute atomic E-state index is 12.8. The lowest BCUT2D eigenvalue weighted by atomic mass is 9.88. The summed E-state index contributed by atoms with van der Waals surface area (Å²) in [6.45, 7) is -2.60. The lowest BCUT2D eigenvalue weighted by molar-refractivity contribution is -0.130. The summed E-state index contributed by atoms with van der Waals surface area (Å²) in [4.78, 5) is 15.4. The molecule has 0 spiro atoms. The molecule has 0 aliphatic carbocycles. The summed E-state index contributed by atoms with van der Waals surface area (Å²) >= 11 is 8.45. The van der Waals surface area contributed by atoms with E-state index in [1.165, 1.54) is 17.3 Å². The van der Waals surface area contributed by atoms with Crippen LogP contribution in [0.1, 0.15) is 0 Å². The minimum Gasteiger partial charge on any atom is -0.297 e. The Morgan fingerprint density at radius 3 is 2.56 bits per heavy atom. The average molecular weight is 317 g/mol. The van der Waals surface area contributed by atoms with Gasteiger partial charge in [0.25, 0.3) is 0 Å². The van der Waals surface area contributed by atoms with Crippen molar-refractivity contribution in [3.05, 3.63) is 12.7 Å². The molecule has 1 aromatic rings. The van der Waals surface area contributed by atoms with E-state index in [0.29, 0.717) is 0 Å². The maximum atomic E-state index is 12.8. The quantitative estimate of drug-likeness (QED) is 0.751. The van der Waals surface area contributed by atoms with Crippen molar-refractivity contribution in [2.45, 2.75) is 10.8 Å². The topological polar surface area (TPSA) is 47.8 Å². The van der Waals surface area contributed by atoms with E-state index in [1.807, 2.05) is 0 Å². The number of carbonyl (C=O) groups excluding carboxylic acids is 1. The molecule has 8 heteroatoms. The Hall–Kier alpha value is -0.560. The number of alkyl halides is 4. The first kappa shape index (κ1) is 13.5. The van der Waals surface area contributed by atoms with Gasteiger partial charge in [-0.2, -0.15) is 5.10 Å². The summed E-state index contributed by atoms with van der Waals surface area (Å²) in [6, 6.07) is 0. The van der Waals surface area contributed by atoms with Crippen LogP contribution in [0.15, 0.2) is 12.7 Å². The highest BCUT2D eigenvalue weighted by molar-refractivity contribution is 9.10. The van der Waals surface area contributed by atoms with Gasteiger partial charge in [0.05, 0.1) is 0 Å². The predicted molar refractivity (Wildman–Crippen MR) is 58.0 cm³/mol. The van der Waals surface area contributed by atoms with Crippen LogP contribution in [0.2, 0.25) is 0 Å². The zero-order chi connectivity index (χ0) is 12.2. The van der Waals surface area contributed by atoms with Crippen molar-refractivity contribution in [2.24, 2.45) is 5.41 Å². The number of nitrogens with zero attached hydrogens (tertiary/aromatic N) is 3. The van der Waals surface area contributed by atoms with E-state index in [4.69, 9.17) is 11.6 Å². The van der Waals surface area contributed by atoms with Crippen molar-refractivity contribution in [1.82, 2.24) is 14.8 Å². The van der Waals surface area contributed by atoms with Crippen LogP contribution < -0.4 is 0 Å². The Morgan fingerprint density at radius 1 is 1.56 bits per heavy atom. The van der Waals surface area contributed by atoms with Crippen LogP contribution >= 0.6 is 27.5 Å². The fourth-order valence-corrected chi connectivity index (χ4v) is 1.78. The number of Topliss-reactive ketones (excluding diaryl/α,β-unsaturated/α-hetero) is 1. The summed E-state index contributed by atoms with van der Waals surface area (Å²) in [6.07, 6.45) is 2.52. The fourth-order valence-electron chi connectivity index (χ4n) is 1.04. The molecule has 0 saturated carbocycles. The summed E-state index contributed by atoms with van der Waals surface area (Å²) in [5.74, 6) is -0.667. The number of carbonyl (C=O) groups is 1. The molecule has 0 radical (unpaired) electrons. The average Bonchev–Trinajstić information content (AvgIpc) is 2.72. The smallest absolute Gasteiger partial charge is 0.168 e. The molecule has 0 aromatic carbocycles. The van der Waals surface area contributed by atoms with Crippen LogP contribution in [0, 0.1) is 5.41 Å². The molecule has 0 N–H and O–H groups in total. The molecule has 0 fully saturated rings. The van der Waals surface area contributed by atoms with Crippen LogP contribution in [-0.4, -0.2) is 38.2 Å². The van der Waals surface area contributed by atoms with E-state index in [2.05, 4.69) is 26.0 Å². The molecule has 1 rings (SSSR count). The highest BCUT2D eigenvalue weighted by atomic mass is 79.9. The fraction of sp³-hybridized carbons (Fsp3) is 0.625. The number of hydrogen-bond donors (Lipinski definition) is 0. The van der Waals surface area contributed by atoms with Crippen molar-refractivity contribution in [1.29, 1.82) is 0 Å². The van der Waals surface area contributed by atoms with E-state index in [9.17, 15) is 13.6 Å². The van der Waals surface area contributed by atoms with E-state index in [-0.39, 0.29) is 6.54 Å². The molecule has 1 atom stereocenters. The third-order valence-corrected chi connectivity index (χ3v) is 3.52. The Morgan fingerprint density at radius 2 is 2.19 bits per heavy atom. The molecular weight excluding hydrogens is 307 g/mol. The van der Waals surface area contributed by atoms with Gasteiger partial charge in [0, 0.05) is 0 Å². The second-order valence-corrected chi connectivity index (χ2v) is 5.12. The molecule has 0 aliphatic heterocycles. The second-order valence-electron chi connectivity index (χ2n) is 3.24. The van der Waals surface area contributed by atoms with E-state index < -0.39 is 28.8 Å². The van der Waals surface area contributed by atoms with Crippen molar-refractivity contribution < 1.29 is 13.6 Å². The zero-order valence-electron chi connectivity index (χ0n) is 8.12. The van der Waals surface area contributed by atoms with Crippen LogP contribution in [0.25, 0.3) is 0 Å². The van der Waals surface area contributed by atoms with Crippen LogP contribution in [-0.2, 0) is 11.3 Å². The number of halogens is 4. The van der Waals surface area contributed by atoms with E-state index >= 15 is 0 Å². The van der Waals surface area contributed by atoms with Gasteiger partial charge in [0.15, 0.2) is 5.78 Å². The summed E-state index contributed by atoms with van der Waals surface area (Å²) in [5, 5.41) is 3.68. The monoisotopic (exact) mass is 315 g/mol. The minimum atomic E-state index is -1.87. The largest absolute Gasteiger partial charge is 0.297 e. The summed E-state index contributed by atoms with van der Waals surface area (Å²) in [5.41, 5.74) is -1.87. The standard InChI is InChI=1S/C8H9BrClF2N3O/c9-7(10)8(2-11,3-12)6(16)1-15-5-13-4-14-15/h4-5,7H,1-3H2. The van der Waals surface area contributed by atoms with Gasteiger partial charge >= 0.3 is 0 Å². The van der Waals surface area contributed by atoms with Gasteiger partial charge in [-0.25, -0.2) is 18.4 Å². The number of hydrogen-bond acceptors (Lipinski definition) is 3. The summed E-state index contributed by atoms with van der Waals surface area (Å²) < 4.78 is 25.7. The maximum Gasteiger partial charge on any atom is 0.168 e. The van der Waals surface area contributed by atoms with Crippen molar-refractivity contribution >= 4 is 33.3 Å². The van der Waals surface area contributed by atoms with Gasteiger partial charge in [-0.05, 0) is 0 Å². The number of aromatic nitrogens is 3. The molecule has 0 aliphatic rings. The van der Waals surface area contributed by atoms with Gasteiger partial charge in [-0.15, -0.1) is 11.6 Å². The molecule has 1 unspecified atom stereocenters. The van der Waals surface area contributed by atoms with Crippen LogP contribution in [0.5, 0.6) is 0 Å². The molecule has 1 aromatic heterocycles. The first-order valence-corrected chi connectivity index (χ1v) is 5.68. The molecule has 90 valence electrons. The zero-order valence-corrected chi connectivity index (χ0v) is 10.5. The Bertz CT molecular complexity index is 343. The van der Waals surface area contributed by atoms with Crippen LogP contribution in [0.4, 0.5) is 8.78 Å². The molecule has 16 heavy (non-hydrogen) atoms. The van der Waals surface area contributed by atoms with Gasteiger partial charge < -0.3 is 0 Å². The Kier molecular flexibility index (Phi) is 4.79. The Balaban J connectivity index is 2.83. The minimum absolute atomic E-state index is 0.261. The van der Waals surface area contributed by atoms with Crippen molar-refractivity contribution in [3.8, 4) is 0 Å². The molecule has 1 heterocycles. The molecular formula is C8H9BrClF2N3O. The van der Waals surface area contributed by atoms with Gasteiger partial charge in [0.2, 0.25) is 0 Å². The lowest BCUT2D eigenvalue weighted by Crippen LogP contribution is -2.43. The van der Waals surface area contributed by atoms with E-state index in [0.717, 1.165) is 0 Å². The third-order valence-electron chi connectivity index (χ3n) is 2.22. The highest BCUT2D eigenvalue weighted by Crippen LogP contribution is 2.34. The first-order valence-electron chi connectivity index (χ1n) is 4.32. The molecule has 4 nitrogen and oxygen atoms in total. The molecule has 0 amide bonds. The van der Waals surface area contributed by atoms with Crippen LogP contribution in [0.3, 0.4) is 0 Å².